The van der Waals surface area contributed by atoms with Gasteiger partial charge in [-0.2, -0.15) is 4.58 Å². The van der Waals surface area contributed by atoms with Crippen LogP contribution in [0.2, 0.25) is 0 Å². The molecule has 0 fully saturated rings. The number of hydrogen-bond donors (Lipinski definition) is 1. The van der Waals surface area contributed by atoms with Crippen LogP contribution in [-0.2, 0) is 4.79 Å². The van der Waals surface area contributed by atoms with Crippen LogP contribution in [0.4, 0.5) is 4.39 Å². The monoisotopic (exact) mass is 480 g/mol. The van der Waals surface area contributed by atoms with E-state index in [9.17, 15) is 14.0 Å². The quantitative estimate of drug-likeness (QED) is 0.454. The van der Waals surface area contributed by atoms with E-state index in [4.69, 9.17) is 4.74 Å². The molecule has 2 aromatic rings. The summed E-state index contributed by atoms with van der Waals surface area (Å²) in [5.41, 5.74) is 3.74. The van der Waals surface area contributed by atoms with E-state index in [1.807, 2.05) is 32.9 Å². The molecular weight excluding hydrogens is 445 g/mol. The fraction of sp³-hybridized carbons (Fsp3) is 0.393. The van der Waals surface area contributed by atoms with Gasteiger partial charge in [0.15, 0.2) is 12.3 Å². The maximum atomic E-state index is 14.5. The zero-order valence-electron chi connectivity index (χ0n) is 21.2. The van der Waals surface area contributed by atoms with E-state index in [2.05, 4.69) is 16.8 Å². The predicted octanol–water partition coefficient (Wildman–Crippen LogP) is 4.24. The molecule has 6 nitrogen and oxygen atoms in total. The van der Waals surface area contributed by atoms with Crippen molar-refractivity contribution in [3.63, 3.8) is 0 Å². The number of nitrogens with zero attached hydrogens (tertiary/aromatic N) is 2. The van der Waals surface area contributed by atoms with Gasteiger partial charge in [-0.25, -0.2) is 9.18 Å². The second-order valence-electron chi connectivity index (χ2n) is 9.26. The Kier molecular flexibility index (Phi) is 8.57. The van der Waals surface area contributed by atoms with Crippen molar-refractivity contribution in [3.8, 4) is 5.75 Å². The number of halogens is 1. The van der Waals surface area contributed by atoms with Crippen LogP contribution in [0.5, 0.6) is 5.75 Å². The van der Waals surface area contributed by atoms with Gasteiger partial charge in [-0.3, -0.25) is 9.69 Å². The van der Waals surface area contributed by atoms with Gasteiger partial charge < -0.3 is 10.1 Å². The highest BCUT2D eigenvalue weighted by atomic mass is 19.1. The van der Waals surface area contributed by atoms with Gasteiger partial charge in [-0.05, 0) is 53.8 Å². The molecule has 3 rings (SSSR count). The van der Waals surface area contributed by atoms with Crippen LogP contribution in [0.3, 0.4) is 0 Å². The lowest BCUT2D eigenvalue weighted by molar-refractivity contribution is -0.451. The molecule has 0 radical (unpaired) electrons. The van der Waals surface area contributed by atoms with Gasteiger partial charge >= 0.3 is 5.91 Å². The third-order valence-electron chi connectivity index (χ3n) is 6.38. The summed E-state index contributed by atoms with van der Waals surface area (Å²) in [6.07, 6.45) is 0.889. The molecule has 2 amide bonds. The number of rotatable bonds is 8. The van der Waals surface area contributed by atoms with Crippen molar-refractivity contribution < 1.29 is 23.3 Å². The number of carbonyl (C=O) groups excluding carboxylic acids is 2. The first-order chi connectivity index (χ1) is 16.6. The van der Waals surface area contributed by atoms with E-state index in [1.165, 1.54) is 12.1 Å². The van der Waals surface area contributed by atoms with Gasteiger partial charge in [0.25, 0.3) is 5.91 Å². The highest BCUT2D eigenvalue weighted by Crippen LogP contribution is 2.29. The number of amides is 2. The van der Waals surface area contributed by atoms with Crippen LogP contribution in [-0.4, -0.2) is 60.2 Å². The van der Waals surface area contributed by atoms with Crippen LogP contribution in [0.15, 0.2) is 49.1 Å². The van der Waals surface area contributed by atoms with Crippen molar-refractivity contribution in [1.82, 2.24) is 10.2 Å². The molecule has 0 saturated carbocycles. The van der Waals surface area contributed by atoms with E-state index in [0.29, 0.717) is 43.1 Å². The zero-order valence-corrected chi connectivity index (χ0v) is 21.2. The molecule has 0 aromatic heterocycles. The number of carbonyl (C=O) groups is 2. The maximum absolute atomic E-state index is 14.5. The van der Waals surface area contributed by atoms with Crippen molar-refractivity contribution in [2.24, 2.45) is 0 Å². The molecule has 1 N–H and O–H groups in total. The number of ether oxygens (including phenoxy) is 1. The summed E-state index contributed by atoms with van der Waals surface area (Å²) in [4.78, 5) is 26.6. The Morgan fingerprint density at radius 2 is 1.97 bits per heavy atom. The number of benzene rings is 2. The predicted molar refractivity (Wildman–Crippen MR) is 136 cm³/mol. The molecule has 1 heterocycles. The molecule has 1 aliphatic rings. The first kappa shape index (κ1) is 26.3. The molecule has 1 atom stereocenters. The summed E-state index contributed by atoms with van der Waals surface area (Å²) in [5, 5.41) is 2.68. The average Bonchev–Trinajstić information content (AvgIpc) is 2.84. The third-order valence-corrected chi connectivity index (χ3v) is 6.38. The molecule has 186 valence electrons. The summed E-state index contributed by atoms with van der Waals surface area (Å²) >= 11 is 0. The summed E-state index contributed by atoms with van der Waals surface area (Å²) in [6.45, 7) is 13.6. The number of hydrogen-bond acceptors (Lipinski definition) is 4. The first-order valence-corrected chi connectivity index (χ1v) is 11.9. The summed E-state index contributed by atoms with van der Waals surface area (Å²) < 4.78 is 22.7. The van der Waals surface area contributed by atoms with E-state index < -0.39 is 6.10 Å². The molecule has 1 aliphatic heterocycles. The van der Waals surface area contributed by atoms with Gasteiger partial charge in [-0.15, -0.1) is 0 Å². The van der Waals surface area contributed by atoms with Crippen LogP contribution >= 0.6 is 0 Å². The minimum atomic E-state index is -0.439. The second-order valence-corrected chi connectivity index (χ2v) is 9.26. The van der Waals surface area contributed by atoms with Crippen molar-refractivity contribution in [3.05, 3.63) is 77.1 Å². The summed E-state index contributed by atoms with van der Waals surface area (Å²) in [6, 6.07) is 10.6. The maximum Gasteiger partial charge on any atom is 0.411 e. The smallest absolute Gasteiger partial charge is 0.411 e. The normalized spacial score (nSPS) is 15.2. The Morgan fingerprint density at radius 3 is 2.57 bits per heavy atom. The molecule has 0 saturated heterocycles. The molecule has 0 spiro atoms. The lowest BCUT2D eigenvalue weighted by atomic mass is 9.96. The van der Waals surface area contributed by atoms with Crippen LogP contribution in [0.1, 0.15) is 59.8 Å². The van der Waals surface area contributed by atoms with Gasteiger partial charge in [0.2, 0.25) is 0 Å². The van der Waals surface area contributed by atoms with E-state index in [-0.39, 0.29) is 23.5 Å². The number of aryl methyl sites for hydroxylation is 1. The lowest BCUT2D eigenvalue weighted by Crippen LogP contribution is -2.47. The van der Waals surface area contributed by atoms with Crippen molar-refractivity contribution in [1.29, 1.82) is 0 Å². The van der Waals surface area contributed by atoms with Crippen LogP contribution in [0, 0.1) is 12.7 Å². The van der Waals surface area contributed by atoms with E-state index in [1.54, 1.807) is 36.7 Å². The Hall–Kier alpha value is -3.32. The molecular formula is C28H35FN3O3+. The van der Waals surface area contributed by atoms with Gasteiger partial charge in [0.1, 0.15) is 17.7 Å². The van der Waals surface area contributed by atoms with Crippen molar-refractivity contribution in [2.75, 3.05) is 33.2 Å². The van der Waals surface area contributed by atoms with Crippen molar-refractivity contribution in [2.45, 2.75) is 39.7 Å². The Morgan fingerprint density at radius 1 is 1.23 bits per heavy atom. The largest absolute Gasteiger partial charge is 0.484 e. The highest BCUT2D eigenvalue weighted by Gasteiger charge is 2.29. The minimum absolute atomic E-state index is 0.104. The summed E-state index contributed by atoms with van der Waals surface area (Å²) in [7, 11) is 1.61. The van der Waals surface area contributed by atoms with Gasteiger partial charge in [0, 0.05) is 32.2 Å². The molecule has 0 bridgehead atoms. The fourth-order valence-electron chi connectivity index (χ4n) is 4.34. The van der Waals surface area contributed by atoms with Crippen molar-refractivity contribution >= 4 is 17.5 Å². The molecule has 2 aromatic carbocycles. The minimum Gasteiger partial charge on any atom is -0.484 e. The molecule has 35 heavy (non-hydrogen) atoms. The van der Waals surface area contributed by atoms with Gasteiger partial charge in [0.05, 0.1) is 13.1 Å². The Bertz CT molecular complexity index is 1160. The standard InChI is InChI=1S/C28H34FN3O3/c1-7-27(33)32-13-12-31(16-20(32)5)17-26(21-9-8-19(4)25(29)14-21)35-22-10-11-23(28(34)30-6)24(15-22)18(2)3/h7-11,14-15,18,26H,1,12-13,16-17H2,2-6H3/p+1. The van der Waals surface area contributed by atoms with Crippen LogP contribution < -0.4 is 10.1 Å². The van der Waals surface area contributed by atoms with E-state index >= 15 is 0 Å². The SMILES string of the molecule is C=CC(=O)[N+]1=C(C)CN(CC(Oc2ccc(C(=O)NC)c(C(C)C)c2)c2ccc(C)c(F)c2)CC1. The second kappa shape index (κ2) is 11.4. The number of nitrogens with one attached hydrogen (secondary N) is 1. The lowest BCUT2D eigenvalue weighted by Gasteiger charge is -2.30. The highest BCUT2D eigenvalue weighted by molar-refractivity contribution is 5.95. The first-order valence-electron chi connectivity index (χ1n) is 11.9. The molecule has 0 aliphatic carbocycles. The van der Waals surface area contributed by atoms with Gasteiger partial charge in [-0.1, -0.05) is 32.6 Å². The fourth-order valence-corrected chi connectivity index (χ4v) is 4.34. The summed E-state index contributed by atoms with van der Waals surface area (Å²) in [5.74, 6) is 0.212. The average molecular weight is 481 g/mol. The molecule has 7 heteroatoms. The van der Waals surface area contributed by atoms with E-state index in [0.717, 1.165) is 16.8 Å². The Balaban J connectivity index is 1.92. The third kappa shape index (κ3) is 6.22. The zero-order chi connectivity index (χ0) is 25.7. The molecule has 1 unspecified atom stereocenters. The topological polar surface area (TPSA) is 61.6 Å². The van der Waals surface area contributed by atoms with Crippen LogP contribution in [0.25, 0.3) is 0 Å². The Labute approximate surface area is 207 Å².